The fourth-order valence-corrected chi connectivity index (χ4v) is 4.24. The summed E-state index contributed by atoms with van der Waals surface area (Å²) >= 11 is 0. The highest BCUT2D eigenvalue weighted by Crippen LogP contribution is 2.35. The van der Waals surface area contributed by atoms with Gasteiger partial charge < -0.3 is 19.8 Å². The van der Waals surface area contributed by atoms with Crippen molar-refractivity contribution in [2.45, 2.75) is 32.4 Å². The zero-order chi connectivity index (χ0) is 25.9. The Hall–Kier alpha value is -4.26. The normalized spacial score (nSPS) is 12.1. The third-order valence-electron chi connectivity index (χ3n) is 5.80. The van der Waals surface area contributed by atoms with E-state index in [1.54, 1.807) is 31.5 Å². The highest BCUT2D eigenvalue weighted by atomic mass is 16.5. The number of ether oxygens (including phenoxy) is 2. The van der Waals surface area contributed by atoms with Crippen LogP contribution in [0.3, 0.4) is 0 Å². The summed E-state index contributed by atoms with van der Waals surface area (Å²) in [6.45, 7) is 5.75. The van der Waals surface area contributed by atoms with Crippen LogP contribution in [0.25, 0.3) is 10.9 Å². The van der Waals surface area contributed by atoms with E-state index in [1.165, 1.54) is 12.0 Å². The molecule has 7 heteroatoms. The van der Waals surface area contributed by atoms with Crippen LogP contribution in [0.5, 0.6) is 11.5 Å². The minimum absolute atomic E-state index is 0.287. The summed E-state index contributed by atoms with van der Waals surface area (Å²) < 4.78 is 10.8. The molecule has 0 spiro atoms. The van der Waals surface area contributed by atoms with Crippen molar-refractivity contribution in [1.82, 2.24) is 10.3 Å². The molecule has 0 fully saturated rings. The van der Waals surface area contributed by atoms with Gasteiger partial charge in [0.25, 0.3) is 5.91 Å². The lowest BCUT2D eigenvalue weighted by Gasteiger charge is -2.33. The molecular weight excluding hydrogens is 454 g/mol. The molecule has 0 saturated carbocycles. The number of hydrogen-bond acceptors (Lipinski definition) is 4. The number of methoxy groups -OCH3 is 2. The van der Waals surface area contributed by atoms with Gasteiger partial charge in [0.15, 0.2) is 11.5 Å². The smallest absolute Gasteiger partial charge is 0.259 e. The average Bonchev–Trinajstić information content (AvgIpc) is 3.29. The van der Waals surface area contributed by atoms with Crippen molar-refractivity contribution in [3.05, 3.63) is 90.1 Å². The number of rotatable bonds is 7. The van der Waals surface area contributed by atoms with Gasteiger partial charge in [-0.15, -0.1) is 0 Å². The Balaban J connectivity index is 1.92. The number of fused-ring (bicyclic) bond motifs is 1. The van der Waals surface area contributed by atoms with Gasteiger partial charge in [-0.1, -0.05) is 36.4 Å². The van der Waals surface area contributed by atoms with E-state index in [4.69, 9.17) is 9.47 Å². The topological polar surface area (TPSA) is 83.7 Å². The van der Waals surface area contributed by atoms with Crippen LogP contribution in [-0.4, -0.2) is 36.6 Å². The fraction of sp³-hybridized carbons (Fsp3) is 0.241. The molecule has 1 heterocycles. The number of benzene rings is 3. The van der Waals surface area contributed by atoms with Gasteiger partial charge in [0.1, 0.15) is 6.04 Å². The number of aromatic amines is 1. The van der Waals surface area contributed by atoms with E-state index in [0.717, 1.165) is 10.9 Å². The first-order valence-corrected chi connectivity index (χ1v) is 11.7. The summed E-state index contributed by atoms with van der Waals surface area (Å²) in [5.74, 6) is 0.310. The largest absolute Gasteiger partial charge is 0.493 e. The Morgan fingerprint density at radius 3 is 2.22 bits per heavy atom. The van der Waals surface area contributed by atoms with Gasteiger partial charge in [-0.05, 0) is 57.2 Å². The molecule has 36 heavy (non-hydrogen) atoms. The third kappa shape index (κ3) is 5.05. The van der Waals surface area contributed by atoms with E-state index in [2.05, 4.69) is 10.3 Å². The number of nitrogens with zero attached hydrogens (tertiary/aromatic N) is 1. The molecule has 0 bridgehead atoms. The van der Waals surface area contributed by atoms with E-state index < -0.39 is 11.6 Å². The number of carbonyl (C=O) groups excluding carboxylic acids is 2. The van der Waals surface area contributed by atoms with Gasteiger partial charge in [-0.2, -0.15) is 0 Å². The molecule has 186 valence electrons. The molecule has 2 N–H and O–H groups in total. The number of hydrogen-bond donors (Lipinski definition) is 2. The quantitative estimate of drug-likeness (QED) is 0.363. The molecule has 1 atom stereocenters. The number of nitrogens with one attached hydrogen (secondary N) is 2. The number of anilines is 1. The van der Waals surface area contributed by atoms with E-state index in [0.29, 0.717) is 28.3 Å². The molecule has 0 radical (unpaired) electrons. The Morgan fingerprint density at radius 2 is 1.56 bits per heavy atom. The van der Waals surface area contributed by atoms with Gasteiger partial charge in [0.05, 0.1) is 14.2 Å². The SMILES string of the molecule is COc1ccc(C(=O)N(c2ccccc2)[C@@H](C(=O)NC(C)(C)C)c2c[nH]c3ccccc23)cc1OC. The van der Waals surface area contributed by atoms with Crippen molar-refractivity contribution in [2.75, 3.05) is 19.1 Å². The van der Waals surface area contributed by atoms with Gasteiger partial charge >= 0.3 is 0 Å². The Bertz CT molecular complexity index is 1370. The Kier molecular flexibility index (Phi) is 7.01. The Morgan fingerprint density at radius 1 is 0.889 bits per heavy atom. The fourth-order valence-electron chi connectivity index (χ4n) is 4.24. The van der Waals surface area contributed by atoms with Gasteiger partial charge in [0.2, 0.25) is 5.91 Å². The molecule has 2 amide bonds. The second-order valence-corrected chi connectivity index (χ2v) is 9.51. The molecular formula is C29H31N3O4. The zero-order valence-corrected chi connectivity index (χ0v) is 21.2. The third-order valence-corrected chi connectivity index (χ3v) is 5.80. The first-order valence-electron chi connectivity index (χ1n) is 11.7. The molecule has 0 aliphatic rings. The van der Waals surface area contributed by atoms with Crippen molar-refractivity contribution >= 4 is 28.4 Å². The summed E-state index contributed by atoms with van der Waals surface area (Å²) in [5, 5.41) is 3.95. The maximum absolute atomic E-state index is 14.2. The summed E-state index contributed by atoms with van der Waals surface area (Å²) in [4.78, 5) is 32.9. The first-order chi connectivity index (χ1) is 17.2. The predicted octanol–water partition coefficient (Wildman–Crippen LogP) is 5.49. The second-order valence-electron chi connectivity index (χ2n) is 9.51. The monoisotopic (exact) mass is 485 g/mol. The lowest BCUT2D eigenvalue weighted by Crippen LogP contribution is -2.49. The predicted molar refractivity (Wildman–Crippen MR) is 142 cm³/mol. The summed E-state index contributed by atoms with van der Waals surface area (Å²) in [5.41, 5.74) is 2.04. The number of H-pyrrole nitrogens is 1. The Labute approximate surface area is 211 Å². The van der Waals surface area contributed by atoms with Gasteiger partial charge in [-0.25, -0.2) is 0 Å². The summed E-state index contributed by atoms with van der Waals surface area (Å²) in [7, 11) is 3.06. The first kappa shape index (κ1) is 24.9. The standard InChI is InChI=1S/C29H31N3O4/c1-29(2,3)31-27(33)26(22-18-30-23-14-10-9-13-21(22)23)32(20-11-7-6-8-12-20)28(34)19-15-16-24(35-4)25(17-19)36-5/h6-18,26,30H,1-5H3,(H,31,33)/t26-/m1/s1. The number of amides is 2. The van der Waals surface area contributed by atoms with Crippen molar-refractivity contribution in [3.8, 4) is 11.5 Å². The minimum Gasteiger partial charge on any atom is -0.493 e. The average molecular weight is 486 g/mol. The lowest BCUT2D eigenvalue weighted by atomic mass is 9.99. The summed E-state index contributed by atoms with van der Waals surface area (Å²) in [6.07, 6.45) is 1.80. The highest BCUT2D eigenvalue weighted by Gasteiger charge is 2.36. The molecule has 0 saturated heterocycles. The van der Waals surface area contributed by atoms with Gasteiger partial charge in [-0.3, -0.25) is 14.5 Å². The van der Waals surface area contributed by atoms with Crippen LogP contribution in [0.2, 0.25) is 0 Å². The van der Waals surface area contributed by atoms with Crippen LogP contribution in [0.15, 0.2) is 79.0 Å². The lowest BCUT2D eigenvalue weighted by molar-refractivity contribution is -0.123. The highest BCUT2D eigenvalue weighted by molar-refractivity contribution is 6.11. The van der Waals surface area contributed by atoms with Crippen LogP contribution in [0, 0.1) is 0 Å². The van der Waals surface area contributed by atoms with Crippen LogP contribution in [-0.2, 0) is 4.79 Å². The number of para-hydroxylation sites is 2. The zero-order valence-electron chi connectivity index (χ0n) is 21.2. The molecule has 4 aromatic rings. The molecule has 0 unspecified atom stereocenters. The second kappa shape index (κ2) is 10.2. The summed E-state index contributed by atoms with van der Waals surface area (Å²) in [6, 6.07) is 21.0. The van der Waals surface area contributed by atoms with Crippen LogP contribution < -0.4 is 19.7 Å². The van der Waals surface area contributed by atoms with Crippen LogP contribution >= 0.6 is 0 Å². The maximum atomic E-state index is 14.2. The molecule has 3 aromatic carbocycles. The van der Waals surface area contributed by atoms with Crippen LogP contribution in [0.4, 0.5) is 5.69 Å². The number of aromatic nitrogens is 1. The van der Waals surface area contributed by atoms with Crippen molar-refractivity contribution < 1.29 is 19.1 Å². The van der Waals surface area contributed by atoms with E-state index in [-0.39, 0.29) is 11.8 Å². The molecule has 4 rings (SSSR count). The molecule has 1 aromatic heterocycles. The van der Waals surface area contributed by atoms with Gasteiger partial charge in [0, 0.05) is 39.5 Å². The van der Waals surface area contributed by atoms with Crippen molar-refractivity contribution in [2.24, 2.45) is 0 Å². The number of carbonyl (C=O) groups is 2. The van der Waals surface area contributed by atoms with E-state index in [9.17, 15) is 9.59 Å². The van der Waals surface area contributed by atoms with E-state index >= 15 is 0 Å². The minimum atomic E-state index is -0.941. The van der Waals surface area contributed by atoms with Crippen molar-refractivity contribution in [3.63, 3.8) is 0 Å². The maximum Gasteiger partial charge on any atom is 0.259 e. The van der Waals surface area contributed by atoms with Crippen molar-refractivity contribution in [1.29, 1.82) is 0 Å². The molecule has 0 aliphatic carbocycles. The molecule has 0 aliphatic heterocycles. The molecule has 7 nitrogen and oxygen atoms in total. The van der Waals surface area contributed by atoms with E-state index in [1.807, 2.05) is 75.4 Å². The van der Waals surface area contributed by atoms with Crippen LogP contribution in [0.1, 0.15) is 42.7 Å².